The standard InChI is InChI=1S/C52H84/c1-2-10-33(11-3-1)44-28-47-29-45-23-36-14-6-7-15-37(36)31-50(45)52(47)51(32-44)46-26-42(38-19-18-34-12-4-5-13-35(34)22-38)25-43(27-46)39-20-21-41-24-40-16-8-9-17-48(40)49(41)30-39/h33-52H,1-32H2. The van der Waals surface area contributed by atoms with Crippen LogP contribution in [0.2, 0.25) is 0 Å². The minimum Gasteiger partial charge on any atom is -0.0533 e. The SMILES string of the molecule is C1CCC(C2CC3CC4CC5CCCCC5CC4C3C(C3CC(C4CCC5CCCCC5C4)CC(C4CCC5CC6CCCCC6C5C4)C3)C2)CC1. The van der Waals surface area contributed by atoms with Crippen molar-refractivity contribution in [3.8, 4) is 0 Å². The minimum absolute atomic E-state index is 1.11. The van der Waals surface area contributed by atoms with Gasteiger partial charge >= 0.3 is 0 Å². The maximum absolute atomic E-state index is 1.71. The van der Waals surface area contributed by atoms with Crippen LogP contribution in [0.5, 0.6) is 0 Å². The van der Waals surface area contributed by atoms with E-state index in [2.05, 4.69) is 0 Å². The van der Waals surface area contributed by atoms with E-state index in [0.29, 0.717) is 0 Å². The molecule has 11 aliphatic carbocycles. The average Bonchev–Trinajstić information content (AvgIpc) is 3.77. The fourth-order valence-electron chi connectivity index (χ4n) is 20.0. The Labute approximate surface area is 322 Å². The Balaban J connectivity index is 0.891. The molecule has 11 rings (SSSR count). The van der Waals surface area contributed by atoms with Crippen molar-refractivity contribution in [3.05, 3.63) is 0 Å². The van der Waals surface area contributed by atoms with E-state index < -0.39 is 0 Å². The molecule has 0 aromatic heterocycles. The van der Waals surface area contributed by atoms with Crippen LogP contribution in [-0.2, 0) is 0 Å². The molecule has 0 aromatic carbocycles. The zero-order chi connectivity index (χ0) is 34.2. The van der Waals surface area contributed by atoms with Gasteiger partial charge in [0.2, 0.25) is 0 Å². The quantitative estimate of drug-likeness (QED) is 0.273. The molecule has 0 saturated heterocycles. The van der Waals surface area contributed by atoms with Gasteiger partial charge in [-0.25, -0.2) is 0 Å². The summed E-state index contributed by atoms with van der Waals surface area (Å²) in [5.74, 6) is 22.6. The molecule has 0 heterocycles. The second kappa shape index (κ2) is 15.1. The van der Waals surface area contributed by atoms with E-state index in [1.54, 1.807) is 205 Å². The topological polar surface area (TPSA) is 0 Å². The fourth-order valence-corrected chi connectivity index (χ4v) is 20.0. The highest BCUT2D eigenvalue weighted by Gasteiger charge is 2.57. The predicted octanol–water partition coefficient (Wildman–Crippen LogP) is 14.9. The lowest BCUT2D eigenvalue weighted by molar-refractivity contribution is -0.0404. The molecule has 0 nitrogen and oxygen atoms in total. The van der Waals surface area contributed by atoms with Gasteiger partial charge in [0.25, 0.3) is 0 Å². The molecule has 19 atom stereocenters. The summed E-state index contributed by atoms with van der Waals surface area (Å²) >= 11 is 0. The monoisotopic (exact) mass is 709 g/mol. The van der Waals surface area contributed by atoms with Gasteiger partial charge < -0.3 is 0 Å². The Hall–Kier alpha value is 0. The highest BCUT2D eigenvalue weighted by molar-refractivity contribution is 5.06. The molecule has 0 heteroatoms. The van der Waals surface area contributed by atoms with Gasteiger partial charge in [0.05, 0.1) is 0 Å². The molecule has 19 unspecified atom stereocenters. The van der Waals surface area contributed by atoms with Gasteiger partial charge in [0.15, 0.2) is 0 Å². The highest BCUT2D eigenvalue weighted by Crippen LogP contribution is 2.65. The molecular formula is C52H84. The van der Waals surface area contributed by atoms with Gasteiger partial charge in [-0.1, -0.05) is 103 Å². The smallest absolute Gasteiger partial charge is 0.0323 e. The molecule has 11 fully saturated rings. The zero-order valence-corrected chi connectivity index (χ0v) is 34.2. The van der Waals surface area contributed by atoms with E-state index in [9.17, 15) is 0 Å². The summed E-state index contributed by atoms with van der Waals surface area (Å²) in [6.45, 7) is 0. The summed E-state index contributed by atoms with van der Waals surface area (Å²) in [4.78, 5) is 0. The molecule has 11 aliphatic rings. The van der Waals surface area contributed by atoms with Crippen molar-refractivity contribution in [3.63, 3.8) is 0 Å². The third kappa shape index (κ3) is 6.59. The van der Waals surface area contributed by atoms with E-state index in [1.807, 2.05) is 0 Å². The second-order valence-electron chi connectivity index (χ2n) is 23.9. The maximum atomic E-state index is 1.71. The number of hydrogen-bond acceptors (Lipinski definition) is 0. The first kappa shape index (κ1) is 35.2. The minimum atomic E-state index is 1.11. The lowest BCUT2D eigenvalue weighted by Gasteiger charge is -2.54. The molecule has 0 N–H and O–H groups in total. The van der Waals surface area contributed by atoms with Crippen molar-refractivity contribution >= 4 is 0 Å². The van der Waals surface area contributed by atoms with Crippen molar-refractivity contribution in [1.29, 1.82) is 0 Å². The molecule has 292 valence electrons. The first-order valence-corrected chi connectivity index (χ1v) is 25.7. The largest absolute Gasteiger partial charge is 0.0533 e. The van der Waals surface area contributed by atoms with Crippen molar-refractivity contribution < 1.29 is 0 Å². The third-order valence-electron chi connectivity index (χ3n) is 22.0. The Kier molecular flexibility index (Phi) is 10.2. The molecular weight excluding hydrogens is 625 g/mol. The van der Waals surface area contributed by atoms with Crippen LogP contribution in [0, 0.1) is 118 Å². The molecule has 0 aromatic rings. The highest BCUT2D eigenvalue weighted by atomic mass is 14.6. The normalized spacial score (nSPS) is 55.3. The molecule has 0 spiro atoms. The maximum Gasteiger partial charge on any atom is -0.0323 e. The number of fused-ring (bicyclic) bond motifs is 8. The third-order valence-corrected chi connectivity index (χ3v) is 22.0. The molecule has 0 aliphatic heterocycles. The zero-order valence-electron chi connectivity index (χ0n) is 34.2. The molecule has 0 bridgehead atoms. The summed E-state index contributed by atoms with van der Waals surface area (Å²) in [5.41, 5.74) is 0. The summed E-state index contributed by atoms with van der Waals surface area (Å²) in [6.07, 6.45) is 52.1. The van der Waals surface area contributed by atoms with E-state index in [4.69, 9.17) is 0 Å². The molecule has 0 radical (unpaired) electrons. The van der Waals surface area contributed by atoms with Crippen molar-refractivity contribution in [1.82, 2.24) is 0 Å². The van der Waals surface area contributed by atoms with Gasteiger partial charge in [0.1, 0.15) is 0 Å². The summed E-state index contributed by atoms with van der Waals surface area (Å²) < 4.78 is 0. The Morgan fingerprint density at radius 2 is 0.481 bits per heavy atom. The summed E-state index contributed by atoms with van der Waals surface area (Å²) in [5, 5.41) is 0. The van der Waals surface area contributed by atoms with Crippen LogP contribution in [0.25, 0.3) is 0 Å². The summed E-state index contributed by atoms with van der Waals surface area (Å²) in [7, 11) is 0. The predicted molar refractivity (Wildman–Crippen MR) is 218 cm³/mol. The van der Waals surface area contributed by atoms with Crippen LogP contribution < -0.4 is 0 Å². The Morgan fingerprint density at radius 3 is 1.21 bits per heavy atom. The molecule has 52 heavy (non-hydrogen) atoms. The lowest BCUT2D eigenvalue weighted by atomic mass is 9.52. The van der Waals surface area contributed by atoms with E-state index >= 15 is 0 Å². The van der Waals surface area contributed by atoms with Crippen molar-refractivity contribution in [2.75, 3.05) is 0 Å². The Morgan fingerprint density at radius 1 is 0.154 bits per heavy atom. The van der Waals surface area contributed by atoms with Crippen molar-refractivity contribution in [2.45, 2.75) is 205 Å². The van der Waals surface area contributed by atoms with Gasteiger partial charge in [-0.3, -0.25) is 0 Å². The van der Waals surface area contributed by atoms with Crippen LogP contribution in [0.4, 0.5) is 0 Å². The van der Waals surface area contributed by atoms with Crippen molar-refractivity contribution in [2.24, 2.45) is 118 Å². The van der Waals surface area contributed by atoms with E-state index in [-0.39, 0.29) is 0 Å². The van der Waals surface area contributed by atoms with E-state index in [0.717, 1.165) is 118 Å². The van der Waals surface area contributed by atoms with Crippen LogP contribution in [-0.4, -0.2) is 0 Å². The molecule has 0 amide bonds. The molecule has 11 saturated carbocycles. The van der Waals surface area contributed by atoms with Gasteiger partial charge in [-0.2, -0.15) is 0 Å². The van der Waals surface area contributed by atoms with Gasteiger partial charge in [-0.05, 0) is 221 Å². The lowest BCUT2D eigenvalue weighted by Crippen LogP contribution is -2.45. The van der Waals surface area contributed by atoms with Gasteiger partial charge in [-0.15, -0.1) is 0 Å². The number of hydrogen-bond donors (Lipinski definition) is 0. The first-order chi connectivity index (χ1) is 25.7. The second-order valence-corrected chi connectivity index (χ2v) is 23.9. The number of rotatable bonds is 4. The first-order valence-electron chi connectivity index (χ1n) is 25.7. The fraction of sp³-hybridized carbons (Fsp3) is 1.00. The van der Waals surface area contributed by atoms with E-state index in [1.165, 1.54) is 0 Å². The summed E-state index contributed by atoms with van der Waals surface area (Å²) in [6, 6.07) is 0. The average molecular weight is 709 g/mol. The Bertz CT molecular complexity index is 1190. The van der Waals surface area contributed by atoms with Crippen LogP contribution in [0.15, 0.2) is 0 Å². The van der Waals surface area contributed by atoms with Crippen LogP contribution in [0.3, 0.4) is 0 Å². The van der Waals surface area contributed by atoms with Crippen LogP contribution in [0.1, 0.15) is 205 Å². The van der Waals surface area contributed by atoms with Crippen LogP contribution >= 0.6 is 0 Å². The van der Waals surface area contributed by atoms with Gasteiger partial charge in [0, 0.05) is 0 Å².